The average Bonchev–Trinajstić information content (AvgIpc) is 0.814. The van der Waals surface area contributed by atoms with E-state index in [1.165, 1.54) is 75.9 Å². The number of carbonyl (C=O) groups is 12. The molecule has 12 amide bonds. The Morgan fingerprint density at radius 3 is 1.46 bits per heavy atom. The molecule has 0 aliphatic carbocycles. The van der Waals surface area contributed by atoms with Gasteiger partial charge in [-0.2, -0.15) is 13.2 Å². The van der Waals surface area contributed by atoms with Gasteiger partial charge in [-0.25, -0.2) is 0 Å². The Kier molecular flexibility index (Phi) is 33.2. The number of carbonyl (C=O) groups excluding carboxylic acids is 12. The Bertz CT molecular complexity index is 3140. The highest BCUT2D eigenvalue weighted by Crippen LogP contribution is 2.26. The van der Waals surface area contributed by atoms with E-state index in [4.69, 9.17) is 0 Å². The van der Waals surface area contributed by atoms with E-state index in [1.807, 2.05) is 27.7 Å². The van der Waals surface area contributed by atoms with E-state index in [2.05, 4.69) is 21.3 Å². The molecule has 2 fully saturated rings. The number of aliphatic hydroxyl groups is 1. The van der Waals surface area contributed by atoms with Crippen LogP contribution in [0.5, 0.6) is 0 Å². The molecular weight excluding hydrogens is 1310 g/mol. The maximum Gasteiger partial charge on any atom is 0.414 e. The fraction of sp³-hybridized carbons (Fsp3) is 0.671. The summed E-state index contributed by atoms with van der Waals surface area (Å²) in [6, 6.07) is 3.68. The van der Waals surface area contributed by atoms with Gasteiger partial charge >= 0.3 is 6.18 Å². The smallest absolute Gasteiger partial charge is 0.384 e. The number of hydrogen-bond acceptors (Lipinski definition) is 13. The molecule has 2 heterocycles. The number of likely N-dealkylation sites (N-methyl/N-ethyl adjacent to an activating group) is 7. The van der Waals surface area contributed by atoms with Crippen LogP contribution in [-0.4, -0.2) is 257 Å². The first-order valence-electron chi connectivity index (χ1n) is 35.4. The minimum Gasteiger partial charge on any atom is -0.384 e. The molecule has 0 spiro atoms. The molecule has 564 valence electrons. The van der Waals surface area contributed by atoms with Crippen LogP contribution in [0.15, 0.2) is 60.7 Å². The summed E-state index contributed by atoms with van der Waals surface area (Å²) >= 11 is 0. The number of alkyl halides is 3. The van der Waals surface area contributed by atoms with Crippen LogP contribution in [0.25, 0.3) is 0 Å². The van der Waals surface area contributed by atoms with Crippen LogP contribution >= 0.6 is 0 Å². The Morgan fingerprint density at radius 1 is 0.515 bits per heavy atom. The lowest BCUT2D eigenvalue weighted by Gasteiger charge is -2.38. The van der Waals surface area contributed by atoms with E-state index in [0.717, 1.165) is 26.0 Å². The molecule has 4 rings (SSSR count). The first-order chi connectivity index (χ1) is 47.2. The van der Waals surface area contributed by atoms with Crippen LogP contribution in [0.3, 0.4) is 0 Å². The van der Waals surface area contributed by atoms with Gasteiger partial charge in [-0.3, -0.25) is 57.5 Å². The number of aliphatic hydroxyl groups excluding tert-OH is 1. The van der Waals surface area contributed by atoms with Gasteiger partial charge in [0.1, 0.15) is 66.5 Å². The molecule has 0 aromatic heterocycles. The second kappa shape index (κ2) is 39.3. The van der Waals surface area contributed by atoms with Gasteiger partial charge in [0, 0.05) is 75.3 Å². The number of piperidine rings is 1. The van der Waals surface area contributed by atoms with E-state index < -0.39 is 182 Å². The Hall–Kier alpha value is -8.17. The highest BCUT2D eigenvalue weighted by atomic mass is 19.4. The van der Waals surface area contributed by atoms with Gasteiger partial charge in [-0.05, 0) is 106 Å². The normalized spacial score (nSPS) is 25.1. The molecule has 2 aromatic rings. The average molecular weight is 1420 g/mol. The third-order valence-corrected chi connectivity index (χ3v) is 19.1. The largest absolute Gasteiger partial charge is 0.414 e. The van der Waals surface area contributed by atoms with Crippen molar-refractivity contribution in [3.63, 3.8) is 0 Å². The summed E-state index contributed by atoms with van der Waals surface area (Å²) in [6.07, 6.45) is -8.27. The summed E-state index contributed by atoms with van der Waals surface area (Å²) in [4.78, 5) is 188. The van der Waals surface area contributed by atoms with Crippen molar-refractivity contribution in [1.82, 2.24) is 60.5 Å². The minimum absolute atomic E-state index is 0.000201. The van der Waals surface area contributed by atoms with Crippen LogP contribution in [-0.2, 0) is 70.4 Å². The van der Waals surface area contributed by atoms with Crippen LogP contribution in [0, 0.1) is 23.7 Å². The summed E-state index contributed by atoms with van der Waals surface area (Å²) in [7, 11) is 9.37. The van der Waals surface area contributed by atoms with Gasteiger partial charge in [-0.1, -0.05) is 123 Å². The van der Waals surface area contributed by atoms with Crippen molar-refractivity contribution in [2.75, 3.05) is 69.0 Å². The van der Waals surface area contributed by atoms with Gasteiger partial charge in [0.25, 0.3) is 0 Å². The molecule has 2 saturated heterocycles. The first kappa shape index (κ1) is 85.2. The third-order valence-electron chi connectivity index (χ3n) is 19.1. The summed E-state index contributed by atoms with van der Waals surface area (Å²) < 4.78 is 41.2. The number of nitrogens with zero attached hydrogens (tertiary/aromatic N) is 8. The lowest BCUT2D eigenvalue weighted by atomic mass is 9.96. The number of amides is 12. The van der Waals surface area contributed by atoms with Crippen molar-refractivity contribution < 1.29 is 75.8 Å². The summed E-state index contributed by atoms with van der Waals surface area (Å²) in [5.41, 5.74) is 1.23. The van der Waals surface area contributed by atoms with Crippen LogP contribution < -0.4 is 21.3 Å². The van der Waals surface area contributed by atoms with Crippen molar-refractivity contribution in [3.8, 4) is 0 Å². The SMILES string of the molecule is CC[C@H]1C(=O)N(C)[C@@H](Cc2ccccc2)C(=O)N[C@@H](CC(C)C)C(=O)N(C)[C@@H](Cc2ccccc2)C(=O)N(C)[C@@H](C(C)C)C(=O)N[C@@H](CCCC(O)C(F)(F)F)C(=O)N(C)CC(=O)N(C)[C@@H](CC(C)C)C(=O)N[C@H](C(=O)N2CCCCC2)CC(=O)N(C)[C@@H](C)C(=O)N[C@@H](CC(C)C)C(=O)N1C. The molecule has 2 aliphatic heterocycles. The molecule has 25 nitrogen and oxygen atoms in total. The molecule has 0 saturated carbocycles. The van der Waals surface area contributed by atoms with E-state index in [1.54, 1.807) is 95.3 Å². The molecule has 2 aromatic carbocycles. The van der Waals surface area contributed by atoms with E-state index >= 15 is 19.2 Å². The third kappa shape index (κ3) is 24.5. The number of hydrogen-bond donors (Lipinski definition) is 5. The second-order valence-electron chi connectivity index (χ2n) is 28.9. The number of rotatable bonds is 17. The zero-order valence-electron chi connectivity index (χ0n) is 62.3. The van der Waals surface area contributed by atoms with Gasteiger partial charge in [0.2, 0.25) is 70.9 Å². The fourth-order valence-electron chi connectivity index (χ4n) is 12.9. The van der Waals surface area contributed by atoms with E-state index in [9.17, 15) is 56.6 Å². The number of nitrogens with one attached hydrogen (secondary N) is 4. The Morgan fingerprint density at radius 2 is 0.970 bits per heavy atom. The molecule has 28 heteroatoms. The maximum atomic E-state index is 15.5. The molecule has 0 bridgehead atoms. The van der Waals surface area contributed by atoms with Gasteiger partial charge in [0.05, 0.1) is 13.0 Å². The zero-order valence-corrected chi connectivity index (χ0v) is 62.3. The zero-order chi connectivity index (χ0) is 76.1. The monoisotopic (exact) mass is 1420 g/mol. The van der Waals surface area contributed by atoms with Gasteiger partial charge in [0.15, 0.2) is 0 Å². The summed E-state index contributed by atoms with van der Waals surface area (Å²) in [5, 5.41) is 21.1. The highest BCUT2D eigenvalue weighted by molar-refractivity contribution is 6.00. The summed E-state index contributed by atoms with van der Waals surface area (Å²) in [6.45, 7) is 17.1. The van der Waals surface area contributed by atoms with Gasteiger partial charge in [-0.15, -0.1) is 0 Å². The quantitative estimate of drug-likeness (QED) is 0.145. The molecule has 1 unspecified atom stereocenters. The first-order valence-corrected chi connectivity index (χ1v) is 35.4. The van der Waals surface area contributed by atoms with E-state index in [-0.39, 0.29) is 56.3 Å². The standard InChI is InChI=1S/C73H113F3N12O13/c1-18-55-71(100)85(15)57(40-49-29-22-19-23-30-49)65(94)79-53(38-45(4)5)69(98)86(16)58(41-50-31-24-20-25-32-50)72(101)87(17)62(47(8)9)66(95)77-51(33-28-34-59(89)73(74,75)76)67(96)81(11)43-61(91)83(13)56(39-46(6)7)64(93)80-54(70(99)88-35-26-21-27-36-88)42-60(90)82(12)48(10)63(92)78-52(37-44(2)3)68(97)84(55)14/h19-20,22-25,29-32,44-48,51-59,62,89H,18,21,26-28,33-43H2,1-17H3,(H,77,95)(H,78,92)(H,79,94)(H,80,93)/t48-,51-,52-,53-,54-,55-,56-,57-,58-,59?,62-/m0/s1. The number of likely N-dealkylation sites (tertiary alicyclic amines) is 1. The van der Waals surface area contributed by atoms with Gasteiger partial charge < -0.3 is 65.6 Å². The Balaban J connectivity index is 1.97. The Labute approximate surface area is 594 Å². The second-order valence-corrected chi connectivity index (χ2v) is 28.9. The maximum absolute atomic E-state index is 15.5. The molecular formula is C73H113F3N12O13. The predicted octanol–water partition coefficient (Wildman–Crippen LogP) is 4.57. The molecule has 101 heavy (non-hydrogen) atoms. The summed E-state index contributed by atoms with van der Waals surface area (Å²) in [5.74, 6) is -10.8. The van der Waals surface area contributed by atoms with Crippen molar-refractivity contribution in [1.29, 1.82) is 0 Å². The molecule has 11 atom stereocenters. The van der Waals surface area contributed by atoms with Crippen molar-refractivity contribution in [2.24, 2.45) is 23.7 Å². The van der Waals surface area contributed by atoms with Crippen LogP contribution in [0.1, 0.15) is 151 Å². The highest BCUT2D eigenvalue weighted by Gasteiger charge is 2.44. The molecule has 0 radical (unpaired) electrons. The van der Waals surface area contributed by atoms with Crippen molar-refractivity contribution in [2.45, 2.75) is 225 Å². The number of benzene rings is 2. The lowest BCUT2D eigenvalue weighted by molar-refractivity contribution is -0.205. The van der Waals surface area contributed by atoms with Crippen molar-refractivity contribution >= 4 is 70.9 Å². The lowest BCUT2D eigenvalue weighted by Crippen LogP contribution is -2.62. The molecule has 2 aliphatic rings. The minimum atomic E-state index is -5.03. The van der Waals surface area contributed by atoms with Crippen molar-refractivity contribution in [3.05, 3.63) is 71.8 Å². The van der Waals surface area contributed by atoms with E-state index in [0.29, 0.717) is 37.1 Å². The number of halogens is 3. The topological polar surface area (TPSA) is 299 Å². The molecule has 5 N–H and O–H groups in total. The predicted molar refractivity (Wildman–Crippen MR) is 375 cm³/mol. The van der Waals surface area contributed by atoms with Crippen LogP contribution in [0.4, 0.5) is 13.2 Å². The van der Waals surface area contributed by atoms with Crippen LogP contribution in [0.2, 0.25) is 0 Å². The fourth-order valence-corrected chi connectivity index (χ4v) is 12.9.